The van der Waals surface area contributed by atoms with E-state index in [0.29, 0.717) is 0 Å². The first kappa shape index (κ1) is 32.7. The summed E-state index contributed by atoms with van der Waals surface area (Å²) in [7, 11) is -2.00. The van der Waals surface area contributed by atoms with E-state index in [4.69, 9.17) is 19.0 Å². The van der Waals surface area contributed by atoms with Gasteiger partial charge in [-0.1, -0.05) is 20.8 Å². The van der Waals surface area contributed by atoms with Crippen LogP contribution in [-0.4, -0.2) is 80.4 Å². The van der Waals surface area contributed by atoms with Crippen molar-refractivity contribution in [3.8, 4) is 0 Å². The number of nitrogens with zero attached hydrogens (tertiary/aromatic N) is 2. The van der Waals surface area contributed by atoms with Crippen LogP contribution in [0.25, 0.3) is 0 Å². The van der Waals surface area contributed by atoms with Crippen molar-refractivity contribution >= 4 is 8.32 Å². The smallest absolute Gasteiger partial charge is 0.330 e. The average Bonchev–Trinajstić information content (AvgIpc) is 3.43. The number of nitrogens with one attached hydrogen (secondary N) is 2. The molecule has 4 heterocycles. The van der Waals surface area contributed by atoms with Crippen LogP contribution in [0.15, 0.2) is 31.6 Å². The Morgan fingerprint density at radius 1 is 0.902 bits per heavy atom. The van der Waals surface area contributed by atoms with Gasteiger partial charge in [-0.05, 0) is 18.1 Å². The van der Waals surface area contributed by atoms with Crippen molar-refractivity contribution in [2.75, 3.05) is 13.2 Å². The summed E-state index contributed by atoms with van der Waals surface area (Å²) in [5.74, 6) is -2.19. The van der Waals surface area contributed by atoms with E-state index < -0.39 is 85.9 Å². The van der Waals surface area contributed by atoms with Crippen molar-refractivity contribution in [2.24, 2.45) is 0 Å². The number of aliphatic hydroxyl groups excluding tert-OH is 3. The highest BCUT2D eigenvalue weighted by atomic mass is 28.4. The standard InChI is InChI=1S/C15H25FN2O5Si.C9H11FN2O5/c1-15(2,3)24(4,5)22-8-11-10(19)6-12(23-11)18-7-9(16)13(20)17-14(18)21;10-4-2-12(9(16)11-8(4)15)7-1-5(14)6(3-13)17-7/h7,10-12,19H,6,8H2,1-5H3,(H,17,20,21);2,5-7,13-14H,1,3H2,(H,11,15,16)/t10-,11+,12+;5-,6+,7+/m00/s1. The lowest BCUT2D eigenvalue weighted by Gasteiger charge is -2.37. The minimum atomic E-state index is -2.00. The first-order valence-electron chi connectivity index (χ1n) is 12.9. The number of aliphatic hydroxyl groups is 3. The van der Waals surface area contributed by atoms with Crippen molar-refractivity contribution in [1.82, 2.24) is 19.1 Å². The SMILES string of the molecule is CC(C)(C)[Si](C)(C)OC[C@H]1O[C@@H](n2cc(F)c(=O)[nH]c2=O)C[C@@H]1O.O=c1[nH]c(=O)n([C@H]2C[C@H](O)[C@@H](CO)O2)cc1F. The van der Waals surface area contributed by atoms with Crippen LogP contribution in [0, 0.1) is 11.6 Å². The molecule has 0 spiro atoms. The monoisotopic (exact) mass is 606 g/mol. The van der Waals surface area contributed by atoms with Crippen LogP contribution in [0.3, 0.4) is 0 Å². The molecular formula is C24H36F2N4O10Si. The topological polar surface area (TPSA) is 198 Å². The predicted octanol–water partition coefficient (Wildman–Crippen LogP) is -0.338. The second-order valence-electron chi connectivity index (χ2n) is 11.4. The number of aromatic amines is 2. The normalized spacial score (nSPS) is 26.6. The zero-order chi connectivity index (χ0) is 30.9. The summed E-state index contributed by atoms with van der Waals surface area (Å²) >= 11 is 0. The molecule has 230 valence electrons. The van der Waals surface area contributed by atoms with E-state index in [0.717, 1.165) is 21.5 Å². The quantitative estimate of drug-likeness (QED) is 0.271. The molecule has 0 aromatic carbocycles. The van der Waals surface area contributed by atoms with Gasteiger partial charge in [-0.3, -0.25) is 28.7 Å². The van der Waals surface area contributed by atoms with Gasteiger partial charge in [-0.15, -0.1) is 0 Å². The van der Waals surface area contributed by atoms with E-state index in [9.17, 15) is 38.2 Å². The van der Waals surface area contributed by atoms with Gasteiger partial charge >= 0.3 is 11.4 Å². The van der Waals surface area contributed by atoms with Crippen LogP contribution >= 0.6 is 0 Å². The maximum atomic E-state index is 13.4. The Hall–Kier alpha value is -2.80. The average molecular weight is 607 g/mol. The summed E-state index contributed by atoms with van der Waals surface area (Å²) in [5, 5.41) is 28.5. The Morgan fingerprint density at radius 3 is 1.71 bits per heavy atom. The largest absolute Gasteiger partial charge is 0.414 e. The number of hydrogen-bond acceptors (Lipinski definition) is 10. The van der Waals surface area contributed by atoms with Crippen LogP contribution in [0.5, 0.6) is 0 Å². The first-order valence-corrected chi connectivity index (χ1v) is 15.8. The van der Waals surface area contributed by atoms with Crippen molar-refractivity contribution < 1.29 is 38.0 Å². The summed E-state index contributed by atoms with van der Waals surface area (Å²) < 4.78 is 45.1. The van der Waals surface area contributed by atoms with Gasteiger partial charge in [0.25, 0.3) is 11.1 Å². The molecule has 0 saturated carbocycles. The molecule has 4 rings (SSSR count). The Labute approximate surface area is 233 Å². The Morgan fingerprint density at radius 2 is 1.32 bits per heavy atom. The maximum absolute atomic E-state index is 13.4. The molecule has 2 fully saturated rings. The van der Waals surface area contributed by atoms with Gasteiger partial charge in [0.15, 0.2) is 8.32 Å². The summed E-state index contributed by atoms with van der Waals surface area (Å²) in [4.78, 5) is 48.8. The van der Waals surface area contributed by atoms with Gasteiger partial charge < -0.3 is 29.2 Å². The molecule has 0 amide bonds. The van der Waals surface area contributed by atoms with E-state index in [2.05, 4.69) is 33.9 Å². The van der Waals surface area contributed by atoms with Crippen molar-refractivity contribution in [3.05, 3.63) is 65.7 Å². The third-order valence-electron chi connectivity index (χ3n) is 7.47. The third-order valence-corrected chi connectivity index (χ3v) is 12.0. The van der Waals surface area contributed by atoms with Gasteiger partial charge in [0.2, 0.25) is 11.6 Å². The molecule has 17 heteroatoms. The molecule has 2 aromatic heterocycles. The van der Waals surface area contributed by atoms with Crippen LogP contribution in [-0.2, 0) is 13.9 Å². The summed E-state index contributed by atoms with van der Waals surface area (Å²) in [6, 6.07) is 0. The van der Waals surface area contributed by atoms with Crippen LogP contribution in [0.4, 0.5) is 8.78 Å². The highest BCUT2D eigenvalue weighted by Gasteiger charge is 2.41. The predicted molar refractivity (Wildman–Crippen MR) is 142 cm³/mol. The molecule has 0 aliphatic carbocycles. The van der Waals surface area contributed by atoms with E-state index in [1.807, 2.05) is 4.98 Å². The molecule has 0 bridgehead atoms. The third kappa shape index (κ3) is 7.54. The van der Waals surface area contributed by atoms with Gasteiger partial charge in [-0.2, -0.15) is 8.78 Å². The fourth-order valence-electron chi connectivity index (χ4n) is 3.94. The lowest BCUT2D eigenvalue weighted by atomic mass is 10.2. The molecule has 2 aliphatic rings. The molecule has 0 radical (unpaired) electrons. The molecule has 5 N–H and O–H groups in total. The van der Waals surface area contributed by atoms with E-state index in [-0.39, 0.29) is 24.5 Å². The maximum Gasteiger partial charge on any atom is 0.330 e. The van der Waals surface area contributed by atoms with Gasteiger partial charge in [0, 0.05) is 12.8 Å². The zero-order valence-electron chi connectivity index (χ0n) is 23.3. The zero-order valence-corrected chi connectivity index (χ0v) is 24.3. The lowest BCUT2D eigenvalue weighted by Crippen LogP contribution is -2.44. The van der Waals surface area contributed by atoms with Crippen LogP contribution < -0.4 is 22.5 Å². The van der Waals surface area contributed by atoms with Crippen LogP contribution in [0.2, 0.25) is 18.1 Å². The molecular weight excluding hydrogens is 570 g/mol. The van der Waals surface area contributed by atoms with Gasteiger partial charge in [0.05, 0.1) is 37.8 Å². The molecule has 2 aromatic rings. The van der Waals surface area contributed by atoms with E-state index in [1.165, 1.54) is 0 Å². The van der Waals surface area contributed by atoms with E-state index in [1.54, 1.807) is 4.98 Å². The van der Waals surface area contributed by atoms with E-state index >= 15 is 0 Å². The Bertz CT molecular complexity index is 1450. The van der Waals surface area contributed by atoms with Gasteiger partial charge in [0.1, 0.15) is 24.7 Å². The Kier molecular flexibility index (Phi) is 10.1. The summed E-state index contributed by atoms with van der Waals surface area (Å²) in [5.41, 5.74) is -3.78. The number of hydrogen-bond donors (Lipinski definition) is 5. The van der Waals surface area contributed by atoms with Crippen molar-refractivity contribution in [1.29, 1.82) is 0 Å². The number of aromatic nitrogens is 4. The number of H-pyrrole nitrogens is 2. The minimum absolute atomic E-state index is 0.0228. The first-order chi connectivity index (χ1) is 18.9. The fraction of sp³-hybridized carbons (Fsp3) is 0.667. The fourth-order valence-corrected chi connectivity index (χ4v) is 4.96. The van der Waals surface area contributed by atoms with Crippen molar-refractivity contribution in [3.63, 3.8) is 0 Å². The Balaban J connectivity index is 0.000000239. The molecule has 14 nitrogen and oxygen atoms in total. The number of rotatable bonds is 6. The molecule has 0 unspecified atom stereocenters. The minimum Gasteiger partial charge on any atom is -0.414 e. The van der Waals surface area contributed by atoms with Gasteiger partial charge in [-0.25, -0.2) is 9.59 Å². The molecule has 2 aliphatic heterocycles. The summed E-state index contributed by atoms with van der Waals surface area (Å²) in [6.45, 7) is 10.3. The summed E-state index contributed by atoms with van der Waals surface area (Å²) in [6.07, 6.45) is -3.25. The molecule has 2 saturated heterocycles. The number of halogens is 2. The lowest BCUT2D eigenvalue weighted by molar-refractivity contribution is -0.0462. The highest BCUT2D eigenvalue weighted by Crippen LogP contribution is 2.37. The van der Waals surface area contributed by atoms with Crippen LogP contribution in [0.1, 0.15) is 46.1 Å². The second kappa shape index (κ2) is 12.6. The highest BCUT2D eigenvalue weighted by molar-refractivity contribution is 6.74. The molecule has 6 atom stereocenters. The van der Waals surface area contributed by atoms with Crippen molar-refractivity contribution in [2.45, 2.75) is 88.6 Å². The molecule has 41 heavy (non-hydrogen) atoms. The second-order valence-corrected chi connectivity index (χ2v) is 16.2. The number of ether oxygens (including phenoxy) is 2.